The number of ether oxygens (including phenoxy) is 4. The van der Waals surface area contributed by atoms with Crippen LogP contribution in [0.25, 0.3) is 0 Å². The summed E-state index contributed by atoms with van der Waals surface area (Å²) in [6.07, 6.45) is 2.08. The summed E-state index contributed by atoms with van der Waals surface area (Å²) < 4.78 is 21.6. The minimum atomic E-state index is -0.272. The molecular weight excluding hydrogens is 496 g/mol. The van der Waals surface area contributed by atoms with E-state index in [0.717, 1.165) is 6.61 Å². The lowest BCUT2D eigenvalue weighted by molar-refractivity contribution is -0.190. The second-order valence-corrected chi connectivity index (χ2v) is 9.78. The molecule has 2 unspecified atom stereocenters. The van der Waals surface area contributed by atoms with Gasteiger partial charge in [0.1, 0.15) is 0 Å². The van der Waals surface area contributed by atoms with Crippen molar-refractivity contribution in [1.82, 2.24) is 0 Å². The van der Waals surface area contributed by atoms with E-state index in [-0.39, 0.29) is 28.5 Å². The quantitative estimate of drug-likeness (QED) is 0.291. The van der Waals surface area contributed by atoms with E-state index in [1.165, 1.54) is 6.42 Å². The van der Waals surface area contributed by atoms with E-state index in [4.69, 9.17) is 18.9 Å². The molecule has 40 heavy (non-hydrogen) atoms. The van der Waals surface area contributed by atoms with Crippen LogP contribution in [-0.4, -0.2) is 48.3 Å². The maximum absolute atomic E-state index is 6.03. The zero-order valence-corrected chi connectivity index (χ0v) is 33.8. The Labute approximate surface area is 259 Å². The molecule has 4 heteroatoms. The Morgan fingerprint density at radius 1 is 0.650 bits per heavy atom. The van der Waals surface area contributed by atoms with Crippen LogP contribution in [0.1, 0.15) is 186 Å². The molecule has 2 rings (SSSR count). The van der Waals surface area contributed by atoms with Gasteiger partial charge in [0, 0.05) is 7.11 Å². The average Bonchev–Trinajstić information content (AvgIpc) is 3.88. The van der Waals surface area contributed by atoms with E-state index in [1.807, 2.05) is 96.9 Å². The molecular formula is C36H88O4. The van der Waals surface area contributed by atoms with Gasteiger partial charge in [0.05, 0.1) is 41.2 Å². The summed E-state index contributed by atoms with van der Waals surface area (Å²) >= 11 is 0. The number of hydrogen-bond acceptors (Lipinski definition) is 4. The molecule has 256 valence electrons. The van der Waals surface area contributed by atoms with Gasteiger partial charge in [-0.1, -0.05) is 118 Å². The largest absolute Gasteiger partial charge is 0.376 e. The normalized spacial score (nSPS) is 16.6. The average molecular weight is 585 g/mol. The molecule has 0 spiro atoms. The van der Waals surface area contributed by atoms with Crippen molar-refractivity contribution in [2.45, 2.75) is 221 Å². The van der Waals surface area contributed by atoms with Crippen LogP contribution in [0.2, 0.25) is 0 Å². The fourth-order valence-corrected chi connectivity index (χ4v) is 1.90. The highest BCUT2D eigenvalue weighted by molar-refractivity contribution is 5.03. The first-order valence-electron chi connectivity index (χ1n) is 17.1. The second kappa shape index (κ2) is 36.9. The van der Waals surface area contributed by atoms with Crippen LogP contribution in [0, 0.1) is 5.92 Å². The van der Waals surface area contributed by atoms with Gasteiger partial charge in [-0.2, -0.15) is 0 Å². The highest BCUT2D eigenvalue weighted by Gasteiger charge is 2.55. The Morgan fingerprint density at radius 2 is 0.900 bits per heavy atom. The van der Waals surface area contributed by atoms with Gasteiger partial charge in [0.2, 0.25) is 0 Å². The third-order valence-electron chi connectivity index (χ3n) is 6.16. The van der Waals surface area contributed by atoms with Crippen molar-refractivity contribution in [2.75, 3.05) is 13.7 Å². The second-order valence-electron chi connectivity index (χ2n) is 9.78. The molecule has 2 aliphatic rings. The van der Waals surface area contributed by atoms with Gasteiger partial charge in [0.25, 0.3) is 0 Å². The van der Waals surface area contributed by atoms with E-state index in [9.17, 15) is 0 Å². The molecule has 2 fully saturated rings. The molecule has 0 amide bonds. The molecule has 2 heterocycles. The first-order chi connectivity index (χ1) is 18.5. The molecule has 2 aliphatic heterocycles. The van der Waals surface area contributed by atoms with Crippen molar-refractivity contribution in [3.63, 3.8) is 0 Å². The predicted octanol–water partition coefficient (Wildman–Crippen LogP) is 12.8. The maximum atomic E-state index is 6.03. The Hall–Kier alpha value is -0.160. The third kappa shape index (κ3) is 34.0. The molecule has 0 N–H and O–H groups in total. The summed E-state index contributed by atoms with van der Waals surface area (Å²) in [5.74, 6) is 0.530. The van der Waals surface area contributed by atoms with Gasteiger partial charge in [-0.15, -0.1) is 0 Å². The maximum Gasteiger partial charge on any atom is 0.0918 e. The molecule has 0 aromatic heterocycles. The molecule has 0 aromatic rings. The number of epoxide rings is 2. The lowest BCUT2D eigenvalue weighted by Crippen LogP contribution is -2.50. The fourth-order valence-electron chi connectivity index (χ4n) is 1.90. The standard InChI is InChI=1S/C12H26O2.C6H12O.C4H8O.7C2H6/c1-9(2)10(3)14-12(6,7)11(4,5)13-8;1-5(2)6(3,4)7-5;1-2-4-3-5-4;7*1-2/h9-10H,1-8H3;1-4H3;4H,2-3H2,1H3;7*1-2H3. The van der Waals surface area contributed by atoms with Crippen LogP contribution in [0.4, 0.5) is 0 Å². The summed E-state index contributed by atoms with van der Waals surface area (Å²) in [5.41, 5.74) is -0.248. The van der Waals surface area contributed by atoms with Crippen molar-refractivity contribution in [3.05, 3.63) is 0 Å². The highest BCUT2D eigenvalue weighted by Crippen LogP contribution is 2.46. The van der Waals surface area contributed by atoms with Crippen LogP contribution in [0.3, 0.4) is 0 Å². The molecule has 0 radical (unpaired) electrons. The fraction of sp³-hybridized carbons (Fsp3) is 1.00. The van der Waals surface area contributed by atoms with Crippen LogP contribution in [-0.2, 0) is 18.9 Å². The van der Waals surface area contributed by atoms with E-state index < -0.39 is 0 Å². The van der Waals surface area contributed by atoms with Crippen LogP contribution >= 0.6 is 0 Å². The summed E-state index contributed by atoms with van der Waals surface area (Å²) in [6, 6.07) is 0. The smallest absolute Gasteiger partial charge is 0.0918 e. The summed E-state index contributed by atoms with van der Waals surface area (Å²) in [6.45, 7) is 54.3. The Balaban J connectivity index is -0.0000000554. The van der Waals surface area contributed by atoms with Crippen molar-refractivity contribution >= 4 is 0 Å². The third-order valence-corrected chi connectivity index (χ3v) is 6.16. The lowest BCUT2D eigenvalue weighted by atomic mass is 9.88. The molecule has 0 bridgehead atoms. The van der Waals surface area contributed by atoms with Crippen molar-refractivity contribution < 1.29 is 18.9 Å². The number of hydrogen-bond donors (Lipinski definition) is 0. The van der Waals surface area contributed by atoms with Crippen LogP contribution < -0.4 is 0 Å². The van der Waals surface area contributed by atoms with Crippen molar-refractivity contribution in [3.8, 4) is 0 Å². The van der Waals surface area contributed by atoms with E-state index >= 15 is 0 Å². The zero-order chi connectivity index (χ0) is 35.0. The van der Waals surface area contributed by atoms with Crippen LogP contribution in [0.15, 0.2) is 0 Å². The van der Waals surface area contributed by atoms with Crippen LogP contribution in [0.5, 0.6) is 0 Å². The van der Waals surface area contributed by atoms with Gasteiger partial charge in [-0.25, -0.2) is 0 Å². The minimum Gasteiger partial charge on any atom is -0.376 e. The molecule has 2 saturated heterocycles. The summed E-state index contributed by atoms with van der Waals surface area (Å²) in [7, 11) is 1.73. The number of rotatable bonds is 6. The summed E-state index contributed by atoms with van der Waals surface area (Å²) in [4.78, 5) is 0. The first-order valence-corrected chi connectivity index (χ1v) is 17.1. The SMILES string of the molecule is CC.CC.CC.CC.CC.CC.CC.CC1(C)OC1(C)C.CCC1CO1.COC(C)(C)C(C)(C)OC(C)C(C)C. The van der Waals surface area contributed by atoms with Gasteiger partial charge in [-0.05, 0) is 74.7 Å². The number of methoxy groups -OCH3 is 1. The molecule has 0 aromatic carbocycles. The highest BCUT2D eigenvalue weighted by atomic mass is 16.6. The van der Waals surface area contributed by atoms with E-state index in [0.29, 0.717) is 12.0 Å². The van der Waals surface area contributed by atoms with Crippen molar-refractivity contribution in [1.29, 1.82) is 0 Å². The van der Waals surface area contributed by atoms with Gasteiger partial charge >= 0.3 is 0 Å². The molecule has 0 aliphatic carbocycles. The predicted molar refractivity (Wildman–Crippen MR) is 189 cm³/mol. The van der Waals surface area contributed by atoms with Gasteiger partial charge in [-0.3, -0.25) is 0 Å². The lowest BCUT2D eigenvalue weighted by Gasteiger charge is -2.42. The first kappa shape index (κ1) is 59.3. The Morgan fingerprint density at radius 3 is 1.00 bits per heavy atom. The van der Waals surface area contributed by atoms with E-state index in [1.54, 1.807) is 7.11 Å². The van der Waals surface area contributed by atoms with Gasteiger partial charge < -0.3 is 18.9 Å². The Bertz CT molecular complexity index is 397. The van der Waals surface area contributed by atoms with Gasteiger partial charge in [0.15, 0.2) is 0 Å². The molecule has 0 saturated carbocycles. The molecule has 2 atom stereocenters. The zero-order valence-electron chi connectivity index (χ0n) is 33.8. The topological polar surface area (TPSA) is 43.5 Å². The summed E-state index contributed by atoms with van der Waals surface area (Å²) in [5, 5.41) is 0. The monoisotopic (exact) mass is 585 g/mol. The minimum absolute atomic E-state index is 0.146. The van der Waals surface area contributed by atoms with Crippen molar-refractivity contribution in [2.24, 2.45) is 5.92 Å². The molecule has 4 nitrogen and oxygen atoms in total. The Kier molecular flexibility index (Phi) is 54.6. The van der Waals surface area contributed by atoms with E-state index in [2.05, 4.69) is 83.1 Å².